The maximum atomic E-state index is 9.58. The van der Waals surface area contributed by atoms with Crippen molar-refractivity contribution in [3.8, 4) is 0 Å². The molecule has 1 aromatic carbocycles. The maximum Gasteiger partial charge on any atom is 0.0753 e. The molecule has 0 aromatic heterocycles. The molecule has 0 aliphatic heterocycles. The fraction of sp³-hybridized carbons (Fsp3) is 0.333. The highest BCUT2D eigenvalue weighted by molar-refractivity contribution is 5.54. The molecule has 1 unspecified atom stereocenters. The first kappa shape index (κ1) is 8.52. The lowest BCUT2D eigenvalue weighted by Crippen LogP contribution is -2.00. The minimum atomic E-state index is -0.194. The molecule has 1 nitrogen and oxygen atoms in total. The van der Waals surface area contributed by atoms with Gasteiger partial charge in [0.2, 0.25) is 0 Å². The van der Waals surface area contributed by atoms with Crippen LogP contribution in [-0.2, 0) is 0 Å². The van der Waals surface area contributed by atoms with Crippen molar-refractivity contribution in [2.24, 2.45) is 0 Å². The molecule has 1 aromatic rings. The van der Waals surface area contributed by atoms with Crippen LogP contribution in [-0.4, -0.2) is 11.2 Å². The minimum Gasteiger partial charge on any atom is -0.389 e. The lowest BCUT2D eigenvalue weighted by Gasteiger charge is -2.03. The Balaban J connectivity index is 2.20. The Labute approximate surface area is 78.7 Å². The number of benzene rings is 1. The highest BCUT2D eigenvalue weighted by Gasteiger charge is 2.17. The van der Waals surface area contributed by atoms with E-state index in [-0.39, 0.29) is 6.10 Å². The Morgan fingerprint density at radius 2 is 2.00 bits per heavy atom. The van der Waals surface area contributed by atoms with Gasteiger partial charge < -0.3 is 5.11 Å². The number of aliphatic hydroxyl groups excluding tert-OH is 1. The topological polar surface area (TPSA) is 20.2 Å². The number of rotatable bonds is 1. The first-order valence-electron chi connectivity index (χ1n) is 4.80. The van der Waals surface area contributed by atoms with Crippen molar-refractivity contribution in [3.05, 3.63) is 41.5 Å². The van der Waals surface area contributed by atoms with Crippen LogP contribution in [0.15, 0.2) is 35.9 Å². The van der Waals surface area contributed by atoms with Crippen molar-refractivity contribution < 1.29 is 5.11 Å². The summed E-state index contributed by atoms with van der Waals surface area (Å²) in [6.45, 7) is 0. The molecule has 68 valence electrons. The molecule has 0 heterocycles. The second-order valence-electron chi connectivity index (χ2n) is 3.54. The van der Waals surface area contributed by atoms with Gasteiger partial charge in [-0.25, -0.2) is 0 Å². The summed E-state index contributed by atoms with van der Waals surface area (Å²) >= 11 is 0. The highest BCUT2D eigenvalue weighted by Crippen LogP contribution is 2.26. The molecule has 1 atom stereocenters. The normalized spacial score (nSPS) is 25.3. The van der Waals surface area contributed by atoms with Crippen LogP contribution in [0, 0.1) is 0 Å². The Morgan fingerprint density at radius 1 is 1.23 bits per heavy atom. The third-order valence-corrected chi connectivity index (χ3v) is 2.52. The summed E-state index contributed by atoms with van der Waals surface area (Å²) in [6, 6.07) is 10.2. The summed E-state index contributed by atoms with van der Waals surface area (Å²) < 4.78 is 0. The third kappa shape index (κ3) is 1.99. The third-order valence-electron chi connectivity index (χ3n) is 2.52. The SMILES string of the molecule is OC1CCCC1=Cc1ccccc1. The summed E-state index contributed by atoms with van der Waals surface area (Å²) in [4.78, 5) is 0. The van der Waals surface area contributed by atoms with Gasteiger partial charge in [0, 0.05) is 0 Å². The van der Waals surface area contributed by atoms with Crippen LogP contribution in [0.1, 0.15) is 24.8 Å². The lowest BCUT2D eigenvalue weighted by atomic mass is 10.1. The van der Waals surface area contributed by atoms with Crippen LogP contribution in [0.2, 0.25) is 0 Å². The van der Waals surface area contributed by atoms with Gasteiger partial charge in [-0.3, -0.25) is 0 Å². The molecule has 1 aliphatic carbocycles. The van der Waals surface area contributed by atoms with Gasteiger partial charge in [-0.15, -0.1) is 0 Å². The number of hydrogen-bond donors (Lipinski definition) is 1. The summed E-state index contributed by atoms with van der Waals surface area (Å²) in [7, 11) is 0. The van der Waals surface area contributed by atoms with E-state index in [9.17, 15) is 5.11 Å². The molecule has 1 fully saturated rings. The quantitative estimate of drug-likeness (QED) is 0.694. The number of aliphatic hydroxyl groups is 1. The van der Waals surface area contributed by atoms with Gasteiger partial charge in [0.1, 0.15) is 0 Å². The van der Waals surface area contributed by atoms with Crippen molar-refractivity contribution in [2.75, 3.05) is 0 Å². The van der Waals surface area contributed by atoms with Crippen LogP contribution < -0.4 is 0 Å². The van der Waals surface area contributed by atoms with Gasteiger partial charge in [-0.05, 0) is 30.4 Å². The molecule has 0 saturated heterocycles. The predicted molar refractivity (Wildman–Crippen MR) is 54.3 cm³/mol. The Bertz CT molecular complexity index is 300. The van der Waals surface area contributed by atoms with E-state index in [1.54, 1.807) is 0 Å². The van der Waals surface area contributed by atoms with Gasteiger partial charge in [0.05, 0.1) is 6.10 Å². The fourth-order valence-electron chi connectivity index (χ4n) is 1.78. The van der Waals surface area contributed by atoms with Crippen LogP contribution in [0.5, 0.6) is 0 Å². The molecule has 0 amide bonds. The first-order valence-corrected chi connectivity index (χ1v) is 4.80. The molecule has 1 N–H and O–H groups in total. The zero-order valence-electron chi connectivity index (χ0n) is 7.61. The molecule has 0 spiro atoms. The fourth-order valence-corrected chi connectivity index (χ4v) is 1.78. The largest absolute Gasteiger partial charge is 0.389 e. The van der Waals surface area contributed by atoms with Crippen molar-refractivity contribution in [1.29, 1.82) is 0 Å². The molecule has 1 aliphatic rings. The molecular formula is C12H14O. The number of hydrogen-bond acceptors (Lipinski definition) is 1. The van der Waals surface area contributed by atoms with Gasteiger partial charge in [-0.1, -0.05) is 36.4 Å². The van der Waals surface area contributed by atoms with E-state index in [0.29, 0.717) is 0 Å². The second kappa shape index (κ2) is 3.75. The van der Waals surface area contributed by atoms with Crippen molar-refractivity contribution in [3.63, 3.8) is 0 Å². The highest BCUT2D eigenvalue weighted by atomic mass is 16.3. The van der Waals surface area contributed by atoms with Gasteiger partial charge in [0.15, 0.2) is 0 Å². The van der Waals surface area contributed by atoms with Crippen LogP contribution in [0.4, 0.5) is 0 Å². The van der Waals surface area contributed by atoms with Gasteiger partial charge >= 0.3 is 0 Å². The molecule has 1 heteroatoms. The zero-order chi connectivity index (χ0) is 9.10. The molecule has 13 heavy (non-hydrogen) atoms. The first-order chi connectivity index (χ1) is 6.36. The Morgan fingerprint density at radius 3 is 2.62 bits per heavy atom. The summed E-state index contributed by atoms with van der Waals surface area (Å²) in [6.07, 6.45) is 5.02. The molecule has 2 rings (SSSR count). The summed E-state index contributed by atoms with van der Waals surface area (Å²) in [5, 5.41) is 9.58. The molecule has 1 saturated carbocycles. The maximum absolute atomic E-state index is 9.58. The average Bonchev–Trinajstić information content (AvgIpc) is 2.54. The van der Waals surface area contributed by atoms with Crippen molar-refractivity contribution >= 4 is 6.08 Å². The minimum absolute atomic E-state index is 0.194. The lowest BCUT2D eigenvalue weighted by molar-refractivity contribution is 0.219. The predicted octanol–water partition coefficient (Wildman–Crippen LogP) is 2.61. The average molecular weight is 174 g/mol. The van der Waals surface area contributed by atoms with Gasteiger partial charge in [-0.2, -0.15) is 0 Å². The van der Waals surface area contributed by atoms with Crippen LogP contribution in [0.3, 0.4) is 0 Å². The van der Waals surface area contributed by atoms with E-state index in [1.807, 2.05) is 18.2 Å². The molecule has 0 bridgehead atoms. The van der Waals surface area contributed by atoms with E-state index < -0.39 is 0 Å². The van der Waals surface area contributed by atoms with E-state index in [2.05, 4.69) is 18.2 Å². The standard InChI is InChI=1S/C12H14O/c13-12-8-4-7-11(12)9-10-5-2-1-3-6-10/h1-3,5-6,9,12-13H,4,7-8H2. The zero-order valence-corrected chi connectivity index (χ0v) is 7.61. The molecular weight excluding hydrogens is 160 g/mol. The van der Waals surface area contributed by atoms with E-state index in [4.69, 9.17) is 0 Å². The second-order valence-corrected chi connectivity index (χ2v) is 3.54. The summed E-state index contributed by atoms with van der Waals surface area (Å²) in [5.74, 6) is 0. The smallest absolute Gasteiger partial charge is 0.0753 e. The monoisotopic (exact) mass is 174 g/mol. The van der Waals surface area contributed by atoms with Crippen molar-refractivity contribution in [2.45, 2.75) is 25.4 Å². The summed E-state index contributed by atoms with van der Waals surface area (Å²) in [5.41, 5.74) is 2.38. The van der Waals surface area contributed by atoms with E-state index in [0.717, 1.165) is 19.3 Å². The van der Waals surface area contributed by atoms with Crippen molar-refractivity contribution in [1.82, 2.24) is 0 Å². The van der Waals surface area contributed by atoms with E-state index >= 15 is 0 Å². The Kier molecular flexibility index (Phi) is 2.46. The Hall–Kier alpha value is -1.08. The van der Waals surface area contributed by atoms with Crippen LogP contribution >= 0.6 is 0 Å². The molecule has 0 radical (unpaired) electrons. The van der Waals surface area contributed by atoms with Crippen LogP contribution in [0.25, 0.3) is 6.08 Å². The van der Waals surface area contributed by atoms with E-state index in [1.165, 1.54) is 11.1 Å². The van der Waals surface area contributed by atoms with Gasteiger partial charge in [0.25, 0.3) is 0 Å².